The van der Waals surface area contributed by atoms with E-state index in [1.165, 1.54) is 51.5 Å². The number of aldehydes is 1. The molecule has 0 rings (SSSR count). The van der Waals surface area contributed by atoms with E-state index in [1.807, 2.05) is 0 Å². The second-order valence-corrected chi connectivity index (χ2v) is 17.3. The van der Waals surface area contributed by atoms with Crippen LogP contribution in [0.3, 0.4) is 0 Å². The van der Waals surface area contributed by atoms with Crippen LogP contribution in [0, 0.1) is 11.8 Å². The molecule has 0 aliphatic carbocycles. The van der Waals surface area contributed by atoms with Crippen molar-refractivity contribution in [1.82, 2.24) is 10.6 Å². The van der Waals surface area contributed by atoms with Gasteiger partial charge in [-0.25, -0.2) is 0 Å². The molecule has 0 aromatic rings. The van der Waals surface area contributed by atoms with Crippen molar-refractivity contribution in [3.05, 3.63) is 0 Å². The molecule has 336 valence electrons. The van der Waals surface area contributed by atoms with Crippen molar-refractivity contribution in [1.29, 1.82) is 0 Å². The number of carboxylic acids is 4. The number of rotatable bonds is 35. The molecule has 8 N–H and O–H groups in total. The Bertz CT molecular complexity index is 1290. The summed E-state index contributed by atoms with van der Waals surface area (Å²) >= 11 is 2.82. The Hall–Kier alpha value is -3.67. The van der Waals surface area contributed by atoms with Gasteiger partial charge in [-0.1, -0.05) is 0 Å². The van der Waals surface area contributed by atoms with Crippen LogP contribution in [0.15, 0.2) is 0 Å². The van der Waals surface area contributed by atoms with E-state index in [2.05, 4.69) is 10.6 Å². The van der Waals surface area contributed by atoms with Crippen LogP contribution in [0.1, 0.15) is 154 Å². The Kier molecular flexibility index (Phi) is 49.4. The molecule has 0 radical (unpaired) electrons. The molecule has 59 heavy (non-hydrogen) atoms. The quantitative estimate of drug-likeness (QED) is 0.0353. The van der Waals surface area contributed by atoms with Gasteiger partial charge >= 0.3 is 318 Å². The van der Waals surface area contributed by atoms with Gasteiger partial charge in [0.15, 0.2) is 0 Å². The number of hydrogen-bond acceptors (Lipinski definition) is 12. The van der Waals surface area contributed by atoms with Gasteiger partial charge in [-0.15, -0.1) is 0 Å². The van der Waals surface area contributed by atoms with E-state index < -0.39 is 35.7 Å². The zero-order valence-corrected chi connectivity index (χ0v) is 39.7. The number of amides is 2. The number of aliphatic carboxylic acids is 4. The first kappa shape index (κ1) is 62.0. The van der Waals surface area contributed by atoms with Crippen LogP contribution < -0.4 is 16.4 Å². The van der Waals surface area contributed by atoms with E-state index in [1.54, 1.807) is 23.3 Å². The molecule has 0 unspecified atom stereocenters. The summed E-state index contributed by atoms with van der Waals surface area (Å²) in [5, 5.41) is 40.7. The van der Waals surface area contributed by atoms with Crippen molar-refractivity contribution < 1.29 is 112 Å². The molecule has 2 atom stereocenters. The third-order valence-corrected chi connectivity index (χ3v) is 10.6. The molecule has 2 amide bonds. The Morgan fingerprint density at radius 3 is 1.20 bits per heavy atom. The van der Waals surface area contributed by atoms with E-state index in [0.717, 1.165) is 74.5 Å². The summed E-state index contributed by atoms with van der Waals surface area (Å²) in [6.45, 7) is 0.514. The van der Waals surface area contributed by atoms with Gasteiger partial charge in [0.05, 0.1) is 0 Å². The number of nitrogens with one attached hydrogen (secondary N) is 2. The molecular weight excluding hydrogens is 1120 g/mol. The van der Waals surface area contributed by atoms with Crippen LogP contribution in [-0.2, 0) is 91.4 Å². The average molecular weight is 1180 g/mol. The van der Waals surface area contributed by atoms with E-state index in [0.29, 0.717) is 32.1 Å². The number of carbonyl (C=O) groups excluding carboxylic acids is 7. The summed E-state index contributed by atoms with van der Waals surface area (Å²) in [5.74, 6) is -5.76. The first-order chi connectivity index (χ1) is 28.0. The van der Waals surface area contributed by atoms with Gasteiger partial charge in [0.2, 0.25) is 0 Å². The fourth-order valence-corrected chi connectivity index (χ4v) is 6.85. The van der Waals surface area contributed by atoms with Crippen LogP contribution in [-0.4, -0.2) is 95.7 Å². The zero-order chi connectivity index (χ0) is 45.7. The van der Waals surface area contributed by atoms with Gasteiger partial charge in [-0.2, -0.15) is 19.2 Å². The number of carboxylic acid groups (broad SMARTS) is 4. The number of hydrogen-bond donors (Lipinski definition) is 7. The fraction of sp³-hybridized carbons (Fsp3) is 0.718. The minimum atomic E-state index is -0.966. The third-order valence-electron chi connectivity index (χ3n) is 8.35. The zero-order valence-electron chi connectivity index (χ0n) is 33.8. The monoisotopic (exact) mass is 1180 g/mol. The van der Waals surface area contributed by atoms with Crippen LogP contribution >= 0.6 is 0 Å². The van der Waals surface area contributed by atoms with Gasteiger partial charge in [-0.05, 0) is 0 Å². The topological polar surface area (TPSA) is 319 Å². The Morgan fingerprint density at radius 1 is 0.525 bits per heavy atom. The second-order valence-electron chi connectivity index (χ2n) is 13.4. The van der Waals surface area contributed by atoms with Gasteiger partial charge < -0.3 is 10.2 Å². The van der Waals surface area contributed by atoms with E-state index in [-0.39, 0.29) is 62.9 Å². The second kappa shape index (κ2) is 47.0. The van der Waals surface area contributed by atoms with Crippen LogP contribution in [0.5, 0.6) is 0 Å². The summed E-state index contributed by atoms with van der Waals surface area (Å²) in [6.07, 6.45) is 19.4. The number of unbranched alkanes of at least 4 members (excludes halogenated alkanes) is 10. The van der Waals surface area contributed by atoms with E-state index >= 15 is 0 Å². The molecule has 0 aromatic carbocycles. The summed E-state index contributed by atoms with van der Waals surface area (Å²) < 4.78 is 2.53. The molecule has 20 heteroatoms. The molecule has 0 aliphatic rings. The normalized spacial score (nSPS) is 10.7. The van der Waals surface area contributed by atoms with Crippen molar-refractivity contribution in [2.45, 2.75) is 154 Å². The molecular formula is C39H63N3O15W2. The van der Waals surface area contributed by atoms with Gasteiger partial charge in [-0.3, -0.25) is 9.59 Å². The molecule has 0 bridgehead atoms. The summed E-state index contributed by atoms with van der Waals surface area (Å²) in [7, 11) is 0. The Morgan fingerprint density at radius 2 is 0.864 bits per heavy atom. The van der Waals surface area contributed by atoms with Crippen molar-refractivity contribution in [3.8, 4) is 0 Å². The minimum absolute atomic E-state index is 0.0106. The van der Waals surface area contributed by atoms with Crippen LogP contribution in [0.4, 0.5) is 0 Å². The van der Waals surface area contributed by atoms with E-state index in [9.17, 15) is 38.7 Å². The van der Waals surface area contributed by atoms with Gasteiger partial charge in [0, 0.05) is 12.8 Å². The van der Waals surface area contributed by atoms with Crippen molar-refractivity contribution in [2.75, 3.05) is 13.1 Å². The summed E-state index contributed by atoms with van der Waals surface area (Å²) in [6, 6.07) is 0. The SMILES string of the molecule is N[C](=[W])CCCCC[C@H](CC(=O)NCCCC(=O)O)C(=O)O.O=C=O.O=C=O.O=CCCCCCCCC[C](=[W])CCCCC[C@H](CC(=O)NCCCC(=O)O)C(=O)O. The summed E-state index contributed by atoms with van der Waals surface area (Å²) in [5.41, 5.74) is 5.60. The maximum absolute atomic E-state index is 11.9. The molecule has 0 saturated carbocycles. The molecule has 0 heterocycles. The average Bonchev–Trinajstić information content (AvgIpc) is 3.15. The molecule has 0 saturated heterocycles. The molecule has 0 aromatic heterocycles. The number of carbonyl (C=O) groups is 7. The van der Waals surface area contributed by atoms with Crippen molar-refractivity contribution in [3.63, 3.8) is 0 Å². The number of nitrogens with two attached hydrogens (primary N) is 1. The predicted octanol–water partition coefficient (Wildman–Crippen LogP) is 3.52. The standard InChI is InChI=1S/C23H39NO6.C14H24N2O5.2CO2.2W/c25-18-13-11-9-7-5-3-1-2-4-6-8-10-12-15-20(23(29)30)19-21(26)24-17-14-16-22(27)28;15-8-4-2-1-3-6-11(14(20)21)10-12(17)16-9-5-7-13(18)19;2*2-1-3;;/h18,20H,1-3,5-17,19H2,(H,24,26)(H,27,28)(H,29,30);11H,1-7,9-10,15H2,(H,16,17)(H,18,19)(H,20,21);;;;/t20-;11-;;;;/m11..../s1. The third kappa shape index (κ3) is 54.3. The van der Waals surface area contributed by atoms with Gasteiger partial charge in [0.25, 0.3) is 0 Å². The first-order valence-electron chi connectivity index (χ1n) is 19.7. The predicted molar refractivity (Wildman–Crippen MR) is 205 cm³/mol. The maximum atomic E-state index is 11.9. The molecule has 0 spiro atoms. The molecule has 0 fully saturated rings. The van der Waals surface area contributed by atoms with Gasteiger partial charge in [0.1, 0.15) is 0 Å². The van der Waals surface area contributed by atoms with E-state index in [4.69, 9.17) is 40.2 Å². The molecule has 0 aliphatic heterocycles. The van der Waals surface area contributed by atoms with Crippen molar-refractivity contribution in [2.24, 2.45) is 17.6 Å². The Balaban J connectivity index is -0.000000470. The van der Waals surface area contributed by atoms with Crippen LogP contribution in [0.2, 0.25) is 0 Å². The van der Waals surface area contributed by atoms with Crippen LogP contribution in [0.25, 0.3) is 0 Å². The fourth-order valence-electron chi connectivity index (χ4n) is 5.29. The van der Waals surface area contributed by atoms with Crippen molar-refractivity contribution >= 4 is 62.2 Å². The molecule has 18 nitrogen and oxygen atoms in total. The Labute approximate surface area is 367 Å². The summed E-state index contributed by atoms with van der Waals surface area (Å²) in [4.78, 5) is 110. The first-order valence-corrected chi connectivity index (χ1v) is 22.6.